The van der Waals surface area contributed by atoms with Gasteiger partial charge in [0, 0.05) is 53.3 Å². The summed E-state index contributed by atoms with van der Waals surface area (Å²) in [6.45, 7) is 11.2. The van der Waals surface area contributed by atoms with E-state index in [-0.39, 0.29) is 54.0 Å². The molecule has 2 aromatic heterocycles. The zero-order valence-electron chi connectivity index (χ0n) is 23.6. The zero-order valence-corrected chi connectivity index (χ0v) is 26.2. The molecule has 1 aliphatic heterocycles. The van der Waals surface area contributed by atoms with Gasteiger partial charge in [0.2, 0.25) is 11.9 Å². The summed E-state index contributed by atoms with van der Waals surface area (Å²) >= 11 is 3.28. The predicted molar refractivity (Wildman–Crippen MR) is 152 cm³/mol. The van der Waals surface area contributed by atoms with Crippen molar-refractivity contribution >= 4 is 35.9 Å². The fourth-order valence-corrected chi connectivity index (χ4v) is 4.92. The van der Waals surface area contributed by atoms with Crippen molar-refractivity contribution < 1.29 is 32.2 Å². The molecule has 228 valence electrons. The number of hydrogen-bond acceptors (Lipinski definition) is 9. The van der Waals surface area contributed by atoms with Crippen LogP contribution >= 0.6 is 15.9 Å². The first-order valence-corrected chi connectivity index (χ1v) is 17.7. The maximum atomic E-state index is 12.7. The molecule has 1 saturated heterocycles. The van der Waals surface area contributed by atoms with Gasteiger partial charge < -0.3 is 24.0 Å². The highest BCUT2D eigenvalue weighted by atomic mass is 79.9. The summed E-state index contributed by atoms with van der Waals surface area (Å²) in [5.74, 6) is 0.400. The minimum absolute atomic E-state index is 0.0623. The van der Waals surface area contributed by atoms with Crippen molar-refractivity contribution in [1.29, 1.82) is 0 Å². The Bertz CT molecular complexity index is 1200. The summed E-state index contributed by atoms with van der Waals surface area (Å²) in [5, 5.41) is 4.12. The minimum Gasteiger partial charge on any atom is -0.485 e. The Balaban J connectivity index is 1.35. The number of rotatable bonds is 13. The molecule has 0 saturated carbocycles. The number of nitrogens with zero attached hydrogens (tertiary/aromatic N) is 6. The maximum absolute atomic E-state index is 12.7. The third-order valence-electron chi connectivity index (χ3n) is 6.18. The maximum Gasteiger partial charge on any atom is 0.419 e. The SMILES string of the molecule is CC(COCCC(=O)N1CCN(c2ncc(C(F)(F)F)cn2)CC1)Oc1cnn(COCC[Si](C)(C)C)c(=O)c1Br. The molecule has 0 aromatic carbocycles. The molecule has 1 unspecified atom stereocenters. The molecule has 3 heterocycles. The molecule has 1 amide bonds. The number of anilines is 1. The first-order chi connectivity index (χ1) is 19.2. The van der Waals surface area contributed by atoms with Crippen molar-refractivity contribution in [2.75, 3.05) is 50.9 Å². The summed E-state index contributed by atoms with van der Waals surface area (Å²) in [5.41, 5.74) is -1.26. The second-order valence-electron chi connectivity index (χ2n) is 10.9. The quantitative estimate of drug-likeness (QED) is 0.234. The lowest BCUT2D eigenvalue weighted by Gasteiger charge is -2.34. The molecular formula is C25H36BrF3N6O5Si. The highest BCUT2D eigenvalue weighted by molar-refractivity contribution is 9.10. The normalized spacial score (nSPS) is 15.2. The highest BCUT2D eigenvalue weighted by Gasteiger charge is 2.32. The van der Waals surface area contributed by atoms with Crippen LogP contribution in [0.1, 0.15) is 18.9 Å². The fraction of sp³-hybridized carbons (Fsp3) is 0.640. The Morgan fingerprint density at radius 1 is 1.07 bits per heavy atom. The summed E-state index contributed by atoms with van der Waals surface area (Å²) in [6, 6.07) is 0.991. The number of hydrogen-bond donors (Lipinski definition) is 0. The van der Waals surface area contributed by atoms with Crippen LogP contribution < -0.4 is 15.2 Å². The average Bonchev–Trinajstić information content (AvgIpc) is 2.92. The van der Waals surface area contributed by atoms with Crippen LogP contribution in [0.3, 0.4) is 0 Å². The molecule has 2 aromatic rings. The van der Waals surface area contributed by atoms with E-state index in [2.05, 4.69) is 50.6 Å². The van der Waals surface area contributed by atoms with E-state index in [4.69, 9.17) is 14.2 Å². The highest BCUT2D eigenvalue weighted by Crippen LogP contribution is 2.28. The molecule has 41 heavy (non-hydrogen) atoms. The smallest absolute Gasteiger partial charge is 0.419 e. The second kappa shape index (κ2) is 14.6. The first-order valence-electron chi connectivity index (χ1n) is 13.2. The van der Waals surface area contributed by atoms with Gasteiger partial charge in [-0.25, -0.2) is 14.6 Å². The zero-order chi connectivity index (χ0) is 30.2. The second-order valence-corrected chi connectivity index (χ2v) is 17.3. The number of piperazine rings is 1. The predicted octanol–water partition coefficient (Wildman–Crippen LogP) is 3.65. The van der Waals surface area contributed by atoms with E-state index in [0.717, 1.165) is 18.4 Å². The summed E-state index contributed by atoms with van der Waals surface area (Å²) in [6.07, 6.45) is -1.76. The van der Waals surface area contributed by atoms with E-state index in [9.17, 15) is 22.8 Å². The standard InChI is InChI=1S/C25H36BrF3N6O5Si/c1-18(40-20-15-32-35(23(37)22(20)26)17-39-11-12-41(2,3)4)16-38-10-5-21(36)33-6-8-34(9-7-33)24-30-13-19(14-31-24)25(27,28)29/h13-15,18H,5-12,16-17H2,1-4H3. The fourth-order valence-electron chi connectivity index (χ4n) is 3.76. The molecule has 16 heteroatoms. The van der Waals surface area contributed by atoms with Gasteiger partial charge in [0.1, 0.15) is 17.3 Å². The van der Waals surface area contributed by atoms with E-state index in [1.54, 1.807) is 16.7 Å². The molecule has 3 rings (SSSR count). The van der Waals surface area contributed by atoms with Crippen LogP contribution in [-0.4, -0.2) is 90.7 Å². The molecule has 0 spiro atoms. The van der Waals surface area contributed by atoms with Crippen molar-refractivity contribution in [3.05, 3.63) is 39.0 Å². The van der Waals surface area contributed by atoms with E-state index >= 15 is 0 Å². The summed E-state index contributed by atoms with van der Waals surface area (Å²) in [7, 11) is -1.22. The third-order valence-corrected chi connectivity index (χ3v) is 8.62. The van der Waals surface area contributed by atoms with Crippen LogP contribution in [0.5, 0.6) is 5.75 Å². The Labute approximate surface area is 246 Å². The van der Waals surface area contributed by atoms with Crippen molar-refractivity contribution in [2.24, 2.45) is 0 Å². The Morgan fingerprint density at radius 3 is 2.34 bits per heavy atom. The topological polar surface area (TPSA) is 112 Å². The van der Waals surface area contributed by atoms with Gasteiger partial charge in [0.15, 0.2) is 5.75 Å². The van der Waals surface area contributed by atoms with E-state index < -0.39 is 25.9 Å². The lowest BCUT2D eigenvalue weighted by Crippen LogP contribution is -2.49. The molecule has 0 aliphatic carbocycles. The van der Waals surface area contributed by atoms with Gasteiger partial charge in [-0.1, -0.05) is 19.6 Å². The van der Waals surface area contributed by atoms with Gasteiger partial charge in [-0.15, -0.1) is 0 Å². The van der Waals surface area contributed by atoms with E-state index in [1.165, 1.54) is 10.9 Å². The van der Waals surface area contributed by atoms with Gasteiger partial charge in [0.05, 0.1) is 31.4 Å². The van der Waals surface area contributed by atoms with Gasteiger partial charge in [0.25, 0.3) is 5.56 Å². The lowest BCUT2D eigenvalue weighted by molar-refractivity contribution is -0.138. The number of halogens is 4. The summed E-state index contributed by atoms with van der Waals surface area (Å²) < 4.78 is 56.6. The van der Waals surface area contributed by atoms with Crippen molar-refractivity contribution in [1.82, 2.24) is 24.6 Å². The number of amides is 1. The monoisotopic (exact) mass is 664 g/mol. The Morgan fingerprint density at radius 2 is 1.73 bits per heavy atom. The van der Waals surface area contributed by atoms with Crippen LogP contribution in [0.2, 0.25) is 25.7 Å². The van der Waals surface area contributed by atoms with Crippen molar-refractivity contribution in [2.45, 2.75) is 58.0 Å². The van der Waals surface area contributed by atoms with Crippen LogP contribution in [-0.2, 0) is 27.2 Å². The van der Waals surface area contributed by atoms with Gasteiger partial charge >= 0.3 is 6.18 Å². The van der Waals surface area contributed by atoms with Crippen LogP contribution in [0, 0.1) is 0 Å². The summed E-state index contributed by atoms with van der Waals surface area (Å²) in [4.78, 5) is 36.2. The Hall–Kier alpha value is -2.56. The first kappa shape index (κ1) is 32.9. The third kappa shape index (κ3) is 10.3. The molecule has 11 nitrogen and oxygen atoms in total. The molecule has 1 atom stereocenters. The van der Waals surface area contributed by atoms with Gasteiger partial charge in [-0.3, -0.25) is 9.59 Å². The molecular weight excluding hydrogens is 629 g/mol. The number of carbonyl (C=O) groups excluding carboxylic acids is 1. The van der Waals surface area contributed by atoms with Crippen molar-refractivity contribution in [3.63, 3.8) is 0 Å². The van der Waals surface area contributed by atoms with E-state index in [1.807, 2.05) is 0 Å². The minimum atomic E-state index is -4.49. The van der Waals surface area contributed by atoms with Crippen LogP contribution in [0.25, 0.3) is 0 Å². The molecule has 0 radical (unpaired) electrons. The van der Waals surface area contributed by atoms with Crippen LogP contribution in [0.4, 0.5) is 19.1 Å². The average molecular weight is 666 g/mol. The molecule has 1 aliphatic rings. The van der Waals surface area contributed by atoms with Gasteiger partial charge in [-0.05, 0) is 28.9 Å². The lowest BCUT2D eigenvalue weighted by atomic mass is 10.3. The largest absolute Gasteiger partial charge is 0.485 e. The number of alkyl halides is 3. The van der Waals surface area contributed by atoms with Crippen molar-refractivity contribution in [3.8, 4) is 5.75 Å². The number of carbonyl (C=O) groups is 1. The van der Waals surface area contributed by atoms with Crippen LogP contribution in [0.15, 0.2) is 27.9 Å². The number of ether oxygens (including phenoxy) is 3. The number of aromatic nitrogens is 4. The Kier molecular flexibility index (Phi) is 11.7. The molecule has 1 fully saturated rings. The molecule has 0 bridgehead atoms. The van der Waals surface area contributed by atoms with E-state index in [0.29, 0.717) is 32.8 Å². The molecule has 0 N–H and O–H groups in total. The van der Waals surface area contributed by atoms with Gasteiger partial charge in [-0.2, -0.15) is 18.3 Å².